The number of ether oxygens (including phenoxy) is 2. The van der Waals surface area contributed by atoms with Gasteiger partial charge < -0.3 is 14.8 Å². The highest BCUT2D eigenvalue weighted by Gasteiger charge is 2.25. The summed E-state index contributed by atoms with van der Waals surface area (Å²) < 4.78 is 12.1. The van der Waals surface area contributed by atoms with Crippen molar-refractivity contribution in [1.82, 2.24) is 5.32 Å². The highest BCUT2D eigenvalue weighted by atomic mass is 35.5. The maximum Gasteiger partial charge on any atom is 0.264 e. The Labute approximate surface area is 231 Å². The maximum absolute atomic E-state index is 12.7. The number of hydrogen-bond acceptors (Lipinski definition) is 5. The normalized spacial score (nSPS) is 15.2. The van der Waals surface area contributed by atoms with Gasteiger partial charge in [0.1, 0.15) is 6.61 Å². The topological polar surface area (TPSA) is 59.9 Å². The molecule has 1 fully saturated rings. The minimum Gasteiger partial charge on any atom is -0.490 e. The van der Waals surface area contributed by atoms with Gasteiger partial charge in [0, 0.05) is 21.2 Å². The number of allylic oxidation sites excluding steroid dienone is 1. The number of amidine groups is 1. The Bertz CT molecular complexity index is 1400. The Kier molecular flexibility index (Phi) is 8.98. The van der Waals surface area contributed by atoms with Crippen LogP contribution in [0.1, 0.15) is 29.2 Å². The molecule has 5 nitrogen and oxygen atoms in total. The van der Waals surface area contributed by atoms with Crippen LogP contribution in [0.3, 0.4) is 0 Å². The first-order valence-corrected chi connectivity index (χ1v) is 13.3. The zero-order chi connectivity index (χ0) is 26.4. The van der Waals surface area contributed by atoms with Crippen LogP contribution in [0, 0.1) is 6.92 Å². The molecule has 1 aliphatic heterocycles. The third kappa shape index (κ3) is 6.58. The van der Waals surface area contributed by atoms with Crippen molar-refractivity contribution in [3.05, 3.63) is 104 Å². The molecule has 8 heteroatoms. The van der Waals surface area contributed by atoms with Crippen LogP contribution in [0.25, 0.3) is 6.08 Å². The van der Waals surface area contributed by atoms with Gasteiger partial charge in [0.15, 0.2) is 16.7 Å². The van der Waals surface area contributed by atoms with Gasteiger partial charge >= 0.3 is 0 Å². The molecule has 37 heavy (non-hydrogen) atoms. The van der Waals surface area contributed by atoms with E-state index in [1.165, 1.54) is 11.8 Å². The first-order chi connectivity index (χ1) is 17.9. The number of hydrogen-bond donors (Lipinski definition) is 1. The average Bonchev–Trinajstić information content (AvgIpc) is 3.21. The molecule has 0 aliphatic carbocycles. The molecule has 0 unspecified atom stereocenters. The molecular weight excluding hydrogens is 527 g/mol. The standard InChI is InChI=1S/C29H26Cl2N2O3S/c1-4-9-20-14-19(15-25(35-5-2)27(20)36-17-21-10-6-7-11-23(21)31)16-26-28(34)33-29(37-26)32-24-13-8-12-22(30)18(24)3/h4,6-8,10-16H,1,5,9,17H2,2-3H3,(H,32,33,34)/b26-16+. The summed E-state index contributed by atoms with van der Waals surface area (Å²) in [5.41, 5.74) is 4.15. The molecule has 190 valence electrons. The molecule has 1 aliphatic rings. The van der Waals surface area contributed by atoms with E-state index in [9.17, 15) is 4.79 Å². The van der Waals surface area contributed by atoms with Crippen LogP contribution in [0.5, 0.6) is 11.5 Å². The summed E-state index contributed by atoms with van der Waals surface area (Å²) in [4.78, 5) is 17.8. The number of carbonyl (C=O) groups is 1. The fourth-order valence-corrected chi connectivity index (χ4v) is 4.92. The van der Waals surface area contributed by atoms with E-state index in [1.54, 1.807) is 6.08 Å². The average molecular weight is 554 g/mol. The number of amides is 1. The quantitative estimate of drug-likeness (QED) is 0.216. The van der Waals surface area contributed by atoms with Crippen molar-refractivity contribution in [1.29, 1.82) is 0 Å². The van der Waals surface area contributed by atoms with Gasteiger partial charge in [0.2, 0.25) is 0 Å². The summed E-state index contributed by atoms with van der Waals surface area (Å²) in [6.07, 6.45) is 4.19. The minimum absolute atomic E-state index is 0.217. The Morgan fingerprint density at radius 1 is 1.05 bits per heavy atom. The lowest BCUT2D eigenvalue weighted by molar-refractivity contribution is -0.115. The van der Waals surface area contributed by atoms with Crippen LogP contribution >= 0.6 is 35.0 Å². The molecule has 1 heterocycles. The van der Waals surface area contributed by atoms with E-state index in [4.69, 9.17) is 32.7 Å². The van der Waals surface area contributed by atoms with Crippen molar-refractivity contribution in [3.63, 3.8) is 0 Å². The number of aliphatic imine (C=N–C) groups is 1. The zero-order valence-corrected chi connectivity index (χ0v) is 22.8. The molecule has 0 spiro atoms. The van der Waals surface area contributed by atoms with Crippen molar-refractivity contribution in [2.75, 3.05) is 6.61 Å². The third-order valence-electron chi connectivity index (χ3n) is 5.56. The van der Waals surface area contributed by atoms with Gasteiger partial charge in [-0.3, -0.25) is 4.79 Å². The van der Waals surface area contributed by atoms with E-state index < -0.39 is 0 Å². The molecule has 4 rings (SSSR count). The molecule has 0 bridgehead atoms. The van der Waals surface area contributed by atoms with E-state index in [0.717, 1.165) is 22.3 Å². The van der Waals surface area contributed by atoms with Crippen LogP contribution in [-0.4, -0.2) is 17.7 Å². The molecule has 0 atom stereocenters. The fourth-order valence-electron chi connectivity index (χ4n) is 3.72. The molecule has 3 aromatic carbocycles. The van der Waals surface area contributed by atoms with E-state index in [1.807, 2.05) is 74.5 Å². The van der Waals surface area contributed by atoms with Crippen LogP contribution in [-0.2, 0) is 17.8 Å². The second-order valence-corrected chi connectivity index (χ2v) is 10.0. The fraction of sp³-hybridized carbons (Fsp3) is 0.172. The van der Waals surface area contributed by atoms with Gasteiger partial charge in [0.25, 0.3) is 5.91 Å². The lowest BCUT2D eigenvalue weighted by Gasteiger charge is -2.17. The molecule has 1 N–H and O–H groups in total. The van der Waals surface area contributed by atoms with E-state index in [0.29, 0.717) is 56.9 Å². The molecule has 1 saturated heterocycles. The number of rotatable bonds is 9. The van der Waals surface area contributed by atoms with E-state index >= 15 is 0 Å². The second kappa shape index (κ2) is 12.4. The summed E-state index contributed by atoms with van der Waals surface area (Å²) in [6, 6.07) is 16.9. The molecule has 0 saturated carbocycles. The third-order valence-corrected chi connectivity index (χ3v) is 7.25. The number of benzene rings is 3. The van der Waals surface area contributed by atoms with Crippen molar-refractivity contribution >= 4 is 57.8 Å². The van der Waals surface area contributed by atoms with Gasteiger partial charge in [-0.25, -0.2) is 4.99 Å². The largest absolute Gasteiger partial charge is 0.490 e. The van der Waals surface area contributed by atoms with Crippen molar-refractivity contribution < 1.29 is 14.3 Å². The van der Waals surface area contributed by atoms with E-state index in [2.05, 4.69) is 16.9 Å². The van der Waals surface area contributed by atoms with Gasteiger partial charge in [-0.15, -0.1) is 6.58 Å². The predicted octanol–water partition coefficient (Wildman–Crippen LogP) is 7.90. The van der Waals surface area contributed by atoms with Gasteiger partial charge in [0.05, 0.1) is 17.2 Å². The summed E-state index contributed by atoms with van der Waals surface area (Å²) in [6.45, 7) is 8.45. The van der Waals surface area contributed by atoms with Crippen molar-refractivity contribution in [2.24, 2.45) is 4.99 Å². The lowest BCUT2D eigenvalue weighted by atomic mass is 10.0. The molecule has 1 amide bonds. The summed E-state index contributed by atoms with van der Waals surface area (Å²) >= 11 is 13.8. The number of halogens is 2. The molecule has 3 aromatic rings. The van der Waals surface area contributed by atoms with Crippen LogP contribution in [0.15, 0.2) is 77.1 Å². The van der Waals surface area contributed by atoms with Gasteiger partial charge in [-0.05, 0) is 79.6 Å². The molecule has 0 radical (unpaired) electrons. The van der Waals surface area contributed by atoms with Crippen LogP contribution in [0.2, 0.25) is 10.0 Å². The lowest BCUT2D eigenvalue weighted by Crippen LogP contribution is -2.19. The van der Waals surface area contributed by atoms with Gasteiger partial charge in [-0.1, -0.05) is 53.5 Å². The second-order valence-electron chi connectivity index (χ2n) is 8.18. The molecule has 0 aromatic heterocycles. The molecular formula is C29H26Cl2N2O3S. The highest BCUT2D eigenvalue weighted by molar-refractivity contribution is 8.18. The summed E-state index contributed by atoms with van der Waals surface area (Å²) in [5.74, 6) is 1.00. The maximum atomic E-state index is 12.7. The SMILES string of the molecule is C=CCc1cc(/C=C2/SC(=Nc3cccc(Cl)c3C)NC2=O)cc(OCC)c1OCc1ccccc1Cl. The Morgan fingerprint density at radius 2 is 1.84 bits per heavy atom. The minimum atomic E-state index is -0.217. The number of thioether (sulfide) groups is 1. The highest BCUT2D eigenvalue weighted by Crippen LogP contribution is 2.37. The number of carbonyl (C=O) groups excluding carboxylic acids is 1. The smallest absolute Gasteiger partial charge is 0.264 e. The van der Waals surface area contributed by atoms with E-state index in [-0.39, 0.29) is 5.91 Å². The monoisotopic (exact) mass is 552 g/mol. The summed E-state index contributed by atoms with van der Waals surface area (Å²) in [7, 11) is 0. The first kappa shape index (κ1) is 26.9. The van der Waals surface area contributed by atoms with Crippen LogP contribution < -0.4 is 14.8 Å². The zero-order valence-electron chi connectivity index (χ0n) is 20.5. The number of nitrogens with zero attached hydrogens (tertiary/aromatic N) is 1. The summed E-state index contributed by atoms with van der Waals surface area (Å²) in [5, 5.41) is 4.60. The Hall–Kier alpha value is -3.19. The number of nitrogens with one attached hydrogen (secondary N) is 1. The predicted molar refractivity (Wildman–Crippen MR) is 154 cm³/mol. The van der Waals surface area contributed by atoms with Crippen molar-refractivity contribution in [2.45, 2.75) is 26.9 Å². The van der Waals surface area contributed by atoms with Gasteiger partial charge in [-0.2, -0.15) is 0 Å². The first-order valence-electron chi connectivity index (χ1n) is 11.7. The Morgan fingerprint density at radius 3 is 2.59 bits per heavy atom. The van der Waals surface area contributed by atoms with Crippen LogP contribution in [0.4, 0.5) is 5.69 Å². The Balaban J connectivity index is 1.64. The van der Waals surface area contributed by atoms with Crippen molar-refractivity contribution in [3.8, 4) is 11.5 Å².